The zero-order chi connectivity index (χ0) is 8.91. The number of nitrogens with zero attached hydrogens (tertiary/aromatic N) is 1. The highest BCUT2D eigenvalue weighted by atomic mass is 14.7. The van der Waals surface area contributed by atoms with Crippen LogP contribution in [0.15, 0.2) is 29.9 Å². The Morgan fingerprint density at radius 3 is 2.18 bits per heavy atom. The molecular formula is C10H17N. The maximum Gasteiger partial charge on any atom is 0.0450 e. The van der Waals surface area contributed by atoms with Crippen LogP contribution in [0.4, 0.5) is 0 Å². The summed E-state index contributed by atoms with van der Waals surface area (Å²) in [6.45, 7) is 12.0. The molecule has 0 atom stereocenters. The van der Waals surface area contributed by atoms with Crippen LogP contribution in [0.1, 0.15) is 27.7 Å². The monoisotopic (exact) mass is 151 g/mol. The topological polar surface area (TPSA) is 12.4 Å². The van der Waals surface area contributed by atoms with Crippen molar-refractivity contribution in [2.24, 2.45) is 10.4 Å². The van der Waals surface area contributed by atoms with Gasteiger partial charge < -0.3 is 0 Å². The van der Waals surface area contributed by atoms with Crippen LogP contribution in [0.25, 0.3) is 0 Å². The van der Waals surface area contributed by atoms with Gasteiger partial charge in [0.2, 0.25) is 0 Å². The van der Waals surface area contributed by atoms with Crippen molar-refractivity contribution in [1.82, 2.24) is 0 Å². The van der Waals surface area contributed by atoms with Crippen LogP contribution >= 0.6 is 0 Å². The van der Waals surface area contributed by atoms with E-state index in [9.17, 15) is 0 Å². The molecule has 0 aliphatic heterocycles. The molecule has 0 N–H and O–H groups in total. The Labute approximate surface area is 69.5 Å². The van der Waals surface area contributed by atoms with Crippen molar-refractivity contribution in [2.45, 2.75) is 27.7 Å². The highest BCUT2D eigenvalue weighted by Crippen LogP contribution is 2.16. The molecule has 0 saturated carbocycles. The standard InChI is InChI=1S/C10H17N/c1-6-8-11-9(7-2)10(3,4)5/h6-8H,2H2,1,3-5H3/b8-6-,11-9+. The van der Waals surface area contributed by atoms with Gasteiger partial charge in [-0.3, -0.25) is 4.99 Å². The average molecular weight is 151 g/mol. The zero-order valence-corrected chi connectivity index (χ0v) is 7.89. The van der Waals surface area contributed by atoms with Gasteiger partial charge in [0.15, 0.2) is 0 Å². The van der Waals surface area contributed by atoms with Gasteiger partial charge >= 0.3 is 0 Å². The van der Waals surface area contributed by atoms with Crippen LogP contribution in [0.3, 0.4) is 0 Å². The Hall–Kier alpha value is -0.850. The summed E-state index contributed by atoms with van der Waals surface area (Å²) < 4.78 is 0. The summed E-state index contributed by atoms with van der Waals surface area (Å²) in [6, 6.07) is 0. The van der Waals surface area contributed by atoms with E-state index in [1.165, 1.54) is 0 Å². The first kappa shape index (κ1) is 10.2. The molecule has 0 radical (unpaired) electrons. The van der Waals surface area contributed by atoms with E-state index in [1.54, 1.807) is 12.3 Å². The largest absolute Gasteiger partial charge is 0.261 e. The summed E-state index contributed by atoms with van der Waals surface area (Å²) in [4.78, 5) is 4.25. The molecule has 0 fully saturated rings. The Bertz CT molecular complexity index is 180. The lowest BCUT2D eigenvalue weighted by Crippen LogP contribution is -2.17. The summed E-state index contributed by atoms with van der Waals surface area (Å²) in [7, 11) is 0. The molecule has 0 aromatic heterocycles. The van der Waals surface area contributed by atoms with Gasteiger partial charge in [0.05, 0.1) is 0 Å². The van der Waals surface area contributed by atoms with Crippen LogP contribution in [0, 0.1) is 5.41 Å². The molecule has 62 valence electrons. The van der Waals surface area contributed by atoms with Crippen LogP contribution in [-0.4, -0.2) is 5.71 Å². The Kier molecular flexibility index (Phi) is 3.80. The molecule has 1 nitrogen and oxygen atoms in total. The molecule has 0 aromatic rings. The van der Waals surface area contributed by atoms with E-state index < -0.39 is 0 Å². The number of hydrogen-bond acceptors (Lipinski definition) is 1. The molecule has 0 bridgehead atoms. The van der Waals surface area contributed by atoms with Crippen LogP contribution in [0.5, 0.6) is 0 Å². The third-order valence-corrected chi connectivity index (χ3v) is 1.32. The molecule has 11 heavy (non-hydrogen) atoms. The van der Waals surface area contributed by atoms with Crippen molar-refractivity contribution < 1.29 is 0 Å². The number of aliphatic imine (C=N–C) groups is 1. The normalized spacial score (nSPS) is 14.0. The van der Waals surface area contributed by atoms with E-state index in [0.717, 1.165) is 5.71 Å². The predicted molar refractivity (Wildman–Crippen MR) is 51.9 cm³/mol. The highest BCUT2D eigenvalue weighted by Gasteiger charge is 2.14. The van der Waals surface area contributed by atoms with Crippen molar-refractivity contribution in [3.8, 4) is 0 Å². The van der Waals surface area contributed by atoms with E-state index in [4.69, 9.17) is 0 Å². The molecule has 0 amide bonds. The minimum atomic E-state index is 0.0985. The SMILES string of the molecule is C=C/C(=N\C=C/C)C(C)(C)C. The lowest BCUT2D eigenvalue weighted by molar-refractivity contribution is 0.594. The molecule has 0 aliphatic rings. The van der Waals surface area contributed by atoms with Gasteiger partial charge in [0.25, 0.3) is 0 Å². The van der Waals surface area contributed by atoms with E-state index in [1.807, 2.05) is 13.0 Å². The smallest absolute Gasteiger partial charge is 0.0450 e. The third kappa shape index (κ3) is 3.76. The lowest BCUT2D eigenvalue weighted by Gasteiger charge is -2.17. The van der Waals surface area contributed by atoms with Crippen molar-refractivity contribution in [3.63, 3.8) is 0 Å². The predicted octanol–water partition coefficient (Wildman–Crippen LogP) is 3.19. The molecule has 0 spiro atoms. The van der Waals surface area contributed by atoms with Gasteiger partial charge in [-0.15, -0.1) is 0 Å². The Balaban J connectivity index is 4.53. The zero-order valence-electron chi connectivity index (χ0n) is 7.89. The van der Waals surface area contributed by atoms with Gasteiger partial charge in [-0.25, -0.2) is 0 Å². The molecule has 0 unspecified atom stereocenters. The fraction of sp³-hybridized carbons (Fsp3) is 0.500. The third-order valence-electron chi connectivity index (χ3n) is 1.32. The Morgan fingerprint density at radius 2 is 1.91 bits per heavy atom. The highest BCUT2D eigenvalue weighted by molar-refractivity contribution is 5.98. The number of allylic oxidation sites excluding steroid dienone is 2. The second-order valence-corrected chi connectivity index (χ2v) is 3.45. The number of rotatable bonds is 2. The lowest BCUT2D eigenvalue weighted by atomic mass is 9.90. The van der Waals surface area contributed by atoms with E-state index in [2.05, 4.69) is 32.3 Å². The first-order valence-electron chi connectivity index (χ1n) is 3.84. The van der Waals surface area contributed by atoms with Gasteiger partial charge in [-0.1, -0.05) is 33.4 Å². The van der Waals surface area contributed by atoms with Crippen molar-refractivity contribution >= 4 is 5.71 Å². The maximum absolute atomic E-state index is 4.25. The summed E-state index contributed by atoms with van der Waals surface area (Å²) >= 11 is 0. The van der Waals surface area contributed by atoms with Crippen molar-refractivity contribution in [3.05, 3.63) is 24.9 Å². The van der Waals surface area contributed by atoms with Crippen LogP contribution in [-0.2, 0) is 0 Å². The molecular weight excluding hydrogens is 134 g/mol. The minimum Gasteiger partial charge on any atom is -0.261 e. The number of hydrogen-bond donors (Lipinski definition) is 0. The first-order valence-corrected chi connectivity index (χ1v) is 3.84. The van der Waals surface area contributed by atoms with Gasteiger partial charge in [0.1, 0.15) is 0 Å². The second-order valence-electron chi connectivity index (χ2n) is 3.45. The molecule has 0 saturated heterocycles. The average Bonchev–Trinajstić information content (AvgIpc) is 1.87. The van der Waals surface area contributed by atoms with Gasteiger partial charge in [-0.05, 0) is 13.0 Å². The van der Waals surface area contributed by atoms with Crippen molar-refractivity contribution in [2.75, 3.05) is 0 Å². The maximum atomic E-state index is 4.25. The van der Waals surface area contributed by atoms with Crippen molar-refractivity contribution in [1.29, 1.82) is 0 Å². The van der Waals surface area contributed by atoms with Crippen LogP contribution < -0.4 is 0 Å². The van der Waals surface area contributed by atoms with Gasteiger partial charge in [-0.2, -0.15) is 0 Å². The molecule has 1 heteroatoms. The second kappa shape index (κ2) is 4.12. The Morgan fingerprint density at radius 1 is 1.36 bits per heavy atom. The molecule has 0 aromatic carbocycles. The fourth-order valence-electron chi connectivity index (χ4n) is 0.707. The van der Waals surface area contributed by atoms with E-state index in [0.29, 0.717) is 0 Å². The molecule has 0 rings (SSSR count). The summed E-state index contributed by atoms with van der Waals surface area (Å²) in [5.74, 6) is 0. The van der Waals surface area contributed by atoms with E-state index >= 15 is 0 Å². The van der Waals surface area contributed by atoms with Gasteiger partial charge in [0, 0.05) is 17.3 Å². The summed E-state index contributed by atoms with van der Waals surface area (Å²) in [5.41, 5.74) is 1.12. The molecule has 0 aliphatic carbocycles. The summed E-state index contributed by atoms with van der Waals surface area (Å²) in [6.07, 6.45) is 5.51. The summed E-state index contributed by atoms with van der Waals surface area (Å²) in [5, 5.41) is 0. The molecule has 0 heterocycles. The quantitative estimate of drug-likeness (QED) is 0.537. The fourth-order valence-corrected chi connectivity index (χ4v) is 0.707. The van der Waals surface area contributed by atoms with E-state index in [-0.39, 0.29) is 5.41 Å². The minimum absolute atomic E-state index is 0.0985. The van der Waals surface area contributed by atoms with Crippen LogP contribution in [0.2, 0.25) is 0 Å². The first-order chi connectivity index (χ1) is 5.02.